The minimum absolute atomic E-state index is 0.159. The average molecular weight is 392 g/mol. The van der Waals surface area contributed by atoms with Crippen molar-refractivity contribution in [2.75, 3.05) is 7.05 Å². The molecule has 5 heteroatoms. The number of hydrogen-bond donors (Lipinski definition) is 0. The molecule has 144 valence electrons. The Morgan fingerprint density at radius 2 is 1.89 bits per heavy atom. The van der Waals surface area contributed by atoms with Gasteiger partial charge < -0.3 is 4.90 Å². The summed E-state index contributed by atoms with van der Waals surface area (Å²) in [5.41, 5.74) is 3.28. The summed E-state index contributed by atoms with van der Waals surface area (Å²) >= 11 is 1.57. The van der Waals surface area contributed by atoms with E-state index < -0.39 is 0 Å². The summed E-state index contributed by atoms with van der Waals surface area (Å²) in [6.07, 6.45) is 8.36. The lowest BCUT2D eigenvalue weighted by atomic mass is 9.81. The van der Waals surface area contributed by atoms with Crippen LogP contribution < -0.4 is 0 Å². The van der Waals surface area contributed by atoms with Gasteiger partial charge in [0.15, 0.2) is 0 Å². The van der Waals surface area contributed by atoms with Crippen molar-refractivity contribution in [3.63, 3.8) is 0 Å². The third kappa shape index (κ3) is 4.30. The molecule has 1 amide bonds. The largest absolute Gasteiger partial charge is 0.342 e. The summed E-state index contributed by atoms with van der Waals surface area (Å²) in [6.45, 7) is 0. The maximum absolute atomic E-state index is 12.8. The molecule has 0 radical (unpaired) electrons. The maximum Gasteiger partial charge on any atom is 0.228 e. The zero-order valence-corrected chi connectivity index (χ0v) is 16.9. The van der Waals surface area contributed by atoms with E-state index in [1.165, 1.54) is 5.56 Å². The number of likely N-dealkylation sites (N-methyl/N-ethyl adjacent to an activating group) is 1. The minimum Gasteiger partial charge on any atom is -0.342 e. The Hall–Kier alpha value is -2.53. The Bertz CT molecular complexity index is 902. The average Bonchev–Trinajstić information content (AvgIpc) is 3.23. The third-order valence-corrected chi connectivity index (χ3v) is 6.64. The van der Waals surface area contributed by atoms with Gasteiger partial charge in [-0.2, -0.15) is 0 Å². The van der Waals surface area contributed by atoms with Crippen molar-refractivity contribution in [1.82, 2.24) is 14.9 Å². The normalized spacial score (nSPS) is 19.3. The van der Waals surface area contributed by atoms with Crippen molar-refractivity contribution in [2.24, 2.45) is 0 Å². The number of nitrogens with zero attached hydrogens (tertiary/aromatic N) is 3. The molecule has 0 saturated heterocycles. The van der Waals surface area contributed by atoms with Crippen LogP contribution in [-0.4, -0.2) is 33.9 Å². The van der Waals surface area contributed by atoms with Crippen LogP contribution in [0.2, 0.25) is 0 Å². The van der Waals surface area contributed by atoms with E-state index in [1.54, 1.807) is 17.5 Å². The standard InChI is InChI=1S/C23H25N3OS/c1-26(21-11-9-18(10-12-21)17-6-3-2-4-7-17)22(27)14-20-16-28-23(25-20)19-8-5-13-24-15-19/h2-8,13,15-16,18,21H,9-12,14H2,1H3. The van der Waals surface area contributed by atoms with Crippen molar-refractivity contribution < 1.29 is 4.79 Å². The molecule has 2 aromatic heterocycles. The highest BCUT2D eigenvalue weighted by Crippen LogP contribution is 2.34. The molecule has 1 aliphatic rings. The van der Waals surface area contributed by atoms with Crippen molar-refractivity contribution in [2.45, 2.75) is 44.1 Å². The van der Waals surface area contributed by atoms with Crippen LogP contribution in [0.25, 0.3) is 10.6 Å². The molecule has 1 aliphatic carbocycles. The molecule has 0 aliphatic heterocycles. The van der Waals surface area contributed by atoms with Crippen molar-refractivity contribution in [3.05, 3.63) is 71.5 Å². The first-order valence-electron chi connectivity index (χ1n) is 9.86. The Morgan fingerprint density at radius 3 is 2.61 bits per heavy atom. The van der Waals surface area contributed by atoms with Gasteiger partial charge in [-0.25, -0.2) is 4.98 Å². The molecule has 28 heavy (non-hydrogen) atoms. The number of benzene rings is 1. The molecule has 0 atom stereocenters. The molecule has 0 bridgehead atoms. The number of pyridine rings is 1. The summed E-state index contributed by atoms with van der Waals surface area (Å²) in [5.74, 6) is 0.785. The number of hydrogen-bond acceptors (Lipinski definition) is 4. The lowest BCUT2D eigenvalue weighted by molar-refractivity contribution is -0.131. The van der Waals surface area contributed by atoms with Gasteiger partial charge in [0.1, 0.15) is 5.01 Å². The minimum atomic E-state index is 0.159. The van der Waals surface area contributed by atoms with Gasteiger partial charge in [-0.1, -0.05) is 30.3 Å². The van der Waals surface area contributed by atoms with Crippen molar-refractivity contribution in [3.8, 4) is 10.6 Å². The number of thiazole rings is 1. The predicted molar refractivity (Wildman–Crippen MR) is 113 cm³/mol. The van der Waals surface area contributed by atoms with Gasteiger partial charge in [0.2, 0.25) is 5.91 Å². The highest BCUT2D eigenvalue weighted by molar-refractivity contribution is 7.13. The molecule has 1 fully saturated rings. The Kier molecular flexibility index (Phi) is 5.81. The molecular formula is C23H25N3OS. The smallest absolute Gasteiger partial charge is 0.228 e. The molecule has 0 spiro atoms. The number of amides is 1. The quantitative estimate of drug-likeness (QED) is 0.619. The van der Waals surface area contributed by atoms with Crippen LogP contribution in [0.15, 0.2) is 60.2 Å². The van der Waals surface area contributed by atoms with E-state index >= 15 is 0 Å². The fourth-order valence-corrected chi connectivity index (χ4v) is 4.83. The van der Waals surface area contributed by atoms with E-state index in [0.717, 1.165) is 41.9 Å². The lowest BCUT2D eigenvalue weighted by Gasteiger charge is -2.35. The second-order valence-electron chi connectivity index (χ2n) is 7.48. The van der Waals surface area contributed by atoms with E-state index in [-0.39, 0.29) is 5.91 Å². The van der Waals surface area contributed by atoms with Gasteiger partial charge >= 0.3 is 0 Å². The monoisotopic (exact) mass is 391 g/mol. The van der Waals surface area contributed by atoms with Gasteiger partial charge in [-0.3, -0.25) is 9.78 Å². The molecule has 1 aromatic carbocycles. The first-order valence-corrected chi connectivity index (χ1v) is 10.7. The van der Waals surface area contributed by atoms with Crippen molar-refractivity contribution >= 4 is 17.2 Å². The van der Waals surface area contributed by atoms with E-state index in [2.05, 4.69) is 40.3 Å². The molecule has 2 heterocycles. The van der Waals surface area contributed by atoms with E-state index in [1.807, 2.05) is 35.7 Å². The molecule has 3 aromatic rings. The molecule has 4 nitrogen and oxygen atoms in total. The number of rotatable bonds is 5. The van der Waals surface area contributed by atoms with Gasteiger partial charge in [0.25, 0.3) is 0 Å². The maximum atomic E-state index is 12.8. The second-order valence-corrected chi connectivity index (χ2v) is 8.34. The van der Waals surface area contributed by atoms with Crippen LogP contribution in [0.3, 0.4) is 0 Å². The molecular weight excluding hydrogens is 366 g/mol. The molecule has 0 unspecified atom stereocenters. The van der Waals surface area contributed by atoms with Crippen LogP contribution >= 0.6 is 11.3 Å². The van der Waals surface area contributed by atoms with Crippen LogP contribution in [0.5, 0.6) is 0 Å². The van der Waals surface area contributed by atoms with Crippen LogP contribution in [0.4, 0.5) is 0 Å². The lowest BCUT2D eigenvalue weighted by Crippen LogP contribution is -2.40. The fourth-order valence-electron chi connectivity index (χ4n) is 4.01. The van der Waals surface area contributed by atoms with Gasteiger partial charge in [-0.15, -0.1) is 11.3 Å². The summed E-state index contributed by atoms with van der Waals surface area (Å²) in [5, 5.41) is 2.90. The summed E-state index contributed by atoms with van der Waals surface area (Å²) < 4.78 is 0. The molecule has 0 N–H and O–H groups in total. The second kappa shape index (κ2) is 8.65. The Labute approximate surface area is 170 Å². The fraction of sp³-hybridized carbons (Fsp3) is 0.348. The topological polar surface area (TPSA) is 46.1 Å². The van der Waals surface area contributed by atoms with Crippen molar-refractivity contribution in [1.29, 1.82) is 0 Å². The highest BCUT2D eigenvalue weighted by Gasteiger charge is 2.27. The highest BCUT2D eigenvalue weighted by atomic mass is 32.1. The zero-order chi connectivity index (χ0) is 19.3. The number of carbonyl (C=O) groups is 1. The van der Waals surface area contributed by atoms with Gasteiger partial charge in [0, 0.05) is 36.4 Å². The van der Waals surface area contributed by atoms with E-state index in [4.69, 9.17) is 0 Å². The summed E-state index contributed by atoms with van der Waals surface area (Å²) in [4.78, 5) is 23.5. The summed E-state index contributed by atoms with van der Waals surface area (Å²) in [7, 11) is 1.95. The zero-order valence-electron chi connectivity index (χ0n) is 16.1. The van der Waals surface area contributed by atoms with E-state index in [0.29, 0.717) is 18.4 Å². The summed E-state index contributed by atoms with van der Waals surface area (Å²) in [6, 6.07) is 15.0. The molecule has 1 saturated carbocycles. The SMILES string of the molecule is CN(C(=O)Cc1csc(-c2cccnc2)n1)C1CCC(c2ccccc2)CC1. The van der Waals surface area contributed by atoms with Crippen LogP contribution in [0.1, 0.15) is 42.9 Å². The Morgan fingerprint density at radius 1 is 1.11 bits per heavy atom. The number of carbonyl (C=O) groups excluding carboxylic acids is 1. The van der Waals surface area contributed by atoms with Gasteiger partial charge in [-0.05, 0) is 49.3 Å². The number of aromatic nitrogens is 2. The predicted octanol–water partition coefficient (Wildman–Crippen LogP) is 4.93. The first kappa shape index (κ1) is 18.8. The van der Waals surface area contributed by atoms with Crippen LogP contribution in [-0.2, 0) is 11.2 Å². The first-order chi connectivity index (χ1) is 13.7. The van der Waals surface area contributed by atoms with Gasteiger partial charge in [0.05, 0.1) is 12.1 Å². The van der Waals surface area contributed by atoms with Crippen LogP contribution in [0, 0.1) is 0 Å². The Balaban J connectivity index is 1.32. The molecule has 4 rings (SSSR count). The third-order valence-electron chi connectivity index (χ3n) is 5.70. The van der Waals surface area contributed by atoms with E-state index in [9.17, 15) is 4.79 Å².